The van der Waals surface area contributed by atoms with Gasteiger partial charge in [0.25, 0.3) is 0 Å². The lowest BCUT2D eigenvalue weighted by Gasteiger charge is -2.20. The van der Waals surface area contributed by atoms with E-state index in [-0.39, 0.29) is 17.3 Å². The maximum atomic E-state index is 12.1. The van der Waals surface area contributed by atoms with Crippen LogP contribution in [0.15, 0.2) is 29.2 Å². The van der Waals surface area contributed by atoms with Crippen molar-refractivity contribution in [1.29, 1.82) is 0 Å². The van der Waals surface area contributed by atoms with E-state index in [1.54, 1.807) is 24.3 Å². The first-order valence-electron chi connectivity index (χ1n) is 8.85. The van der Waals surface area contributed by atoms with Crippen molar-refractivity contribution < 1.29 is 17.9 Å². The van der Waals surface area contributed by atoms with Crippen LogP contribution < -0.4 is 10.0 Å². The molecule has 1 amide bonds. The summed E-state index contributed by atoms with van der Waals surface area (Å²) in [5, 5.41) is 2.93. The number of hydrogen-bond acceptors (Lipinski definition) is 4. The standard InChI is InChI=1S/C18H28N2O4S/c1-24-12-11-20-25(22,23)17-9-7-16(8-10-17)14-19-18(21)13-15-5-3-2-4-6-15/h7-10,15,20H,2-6,11-14H2,1H3,(H,19,21). The Balaban J connectivity index is 1.80. The van der Waals surface area contributed by atoms with Gasteiger partial charge in [-0.1, -0.05) is 31.4 Å². The van der Waals surface area contributed by atoms with Crippen LogP contribution in [-0.4, -0.2) is 34.6 Å². The molecule has 1 fully saturated rings. The van der Waals surface area contributed by atoms with Gasteiger partial charge in [-0.05, 0) is 36.5 Å². The second kappa shape index (κ2) is 9.89. The second-order valence-corrected chi connectivity index (χ2v) is 8.29. The number of hydrogen-bond donors (Lipinski definition) is 2. The van der Waals surface area contributed by atoms with Gasteiger partial charge in [0.15, 0.2) is 0 Å². The molecule has 0 bridgehead atoms. The molecule has 2 rings (SSSR count). The fourth-order valence-corrected chi connectivity index (χ4v) is 4.09. The predicted octanol–water partition coefficient (Wildman–Crippen LogP) is 2.20. The zero-order chi connectivity index (χ0) is 18.1. The van der Waals surface area contributed by atoms with E-state index < -0.39 is 10.0 Å². The number of nitrogens with one attached hydrogen (secondary N) is 2. The molecule has 6 nitrogen and oxygen atoms in total. The van der Waals surface area contributed by atoms with E-state index in [1.807, 2.05) is 0 Å². The molecule has 1 saturated carbocycles. The van der Waals surface area contributed by atoms with Crippen molar-refractivity contribution in [3.8, 4) is 0 Å². The van der Waals surface area contributed by atoms with Crippen LogP contribution in [0.4, 0.5) is 0 Å². The highest BCUT2D eigenvalue weighted by atomic mass is 32.2. The SMILES string of the molecule is COCCNS(=O)(=O)c1ccc(CNC(=O)CC2CCCCC2)cc1. The summed E-state index contributed by atoms with van der Waals surface area (Å²) in [6, 6.07) is 6.56. The van der Waals surface area contributed by atoms with Gasteiger partial charge in [-0.3, -0.25) is 4.79 Å². The summed E-state index contributed by atoms with van der Waals surface area (Å²) in [7, 11) is -2.00. The number of carbonyl (C=O) groups is 1. The zero-order valence-electron chi connectivity index (χ0n) is 14.8. The first-order valence-corrected chi connectivity index (χ1v) is 10.3. The molecule has 25 heavy (non-hydrogen) atoms. The van der Waals surface area contributed by atoms with Crippen molar-refractivity contribution >= 4 is 15.9 Å². The van der Waals surface area contributed by atoms with E-state index in [2.05, 4.69) is 10.0 Å². The molecule has 0 heterocycles. The van der Waals surface area contributed by atoms with Crippen LogP contribution in [0.3, 0.4) is 0 Å². The Hall–Kier alpha value is -1.44. The van der Waals surface area contributed by atoms with Gasteiger partial charge in [0.05, 0.1) is 11.5 Å². The Labute approximate surface area is 150 Å². The topological polar surface area (TPSA) is 84.5 Å². The number of amides is 1. The average molecular weight is 368 g/mol. The van der Waals surface area contributed by atoms with Crippen LogP contribution in [0.5, 0.6) is 0 Å². The molecule has 1 aliphatic carbocycles. The number of benzene rings is 1. The first kappa shape index (κ1) is 19.9. The van der Waals surface area contributed by atoms with E-state index >= 15 is 0 Å². The summed E-state index contributed by atoms with van der Waals surface area (Å²) in [6.45, 7) is 0.977. The van der Waals surface area contributed by atoms with E-state index in [0.29, 0.717) is 25.5 Å². The third kappa shape index (κ3) is 6.76. The lowest BCUT2D eigenvalue weighted by atomic mass is 9.87. The maximum absolute atomic E-state index is 12.1. The monoisotopic (exact) mass is 368 g/mol. The molecule has 7 heteroatoms. The van der Waals surface area contributed by atoms with Gasteiger partial charge >= 0.3 is 0 Å². The summed E-state index contributed by atoms with van der Waals surface area (Å²) < 4.78 is 31.4. The third-order valence-electron chi connectivity index (χ3n) is 4.52. The molecular formula is C18H28N2O4S. The minimum absolute atomic E-state index is 0.0739. The van der Waals surface area contributed by atoms with Gasteiger partial charge in [-0.2, -0.15) is 0 Å². The van der Waals surface area contributed by atoms with E-state index in [9.17, 15) is 13.2 Å². The smallest absolute Gasteiger partial charge is 0.240 e. The van der Waals surface area contributed by atoms with Crippen molar-refractivity contribution in [2.45, 2.75) is 50.0 Å². The first-order chi connectivity index (χ1) is 12.0. The van der Waals surface area contributed by atoms with Crippen LogP contribution in [-0.2, 0) is 26.1 Å². The molecule has 1 aromatic rings. The normalized spacial score (nSPS) is 15.9. The minimum Gasteiger partial charge on any atom is -0.383 e. The number of sulfonamides is 1. The lowest BCUT2D eigenvalue weighted by molar-refractivity contribution is -0.122. The van der Waals surface area contributed by atoms with Crippen molar-refractivity contribution in [1.82, 2.24) is 10.0 Å². The Kier molecular flexibility index (Phi) is 7.87. The Morgan fingerprint density at radius 3 is 2.48 bits per heavy atom. The number of ether oxygens (including phenoxy) is 1. The molecule has 0 radical (unpaired) electrons. The molecule has 1 aromatic carbocycles. The molecule has 0 unspecified atom stereocenters. The lowest BCUT2D eigenvalue weighted by Crippen LogP contribution is -2.27. The van der Waals surface area contributed by atoms with Crippen LogP contribution in [0, 0.1) is 5.92 Å². The molecule has 2 N–H and O–H groups in total. The molecule has 140 valence electrons. The van der Waals surface area contributed by atoms with Crippen molar-refractivity contribution in [2.75, 3.05) is 20.3 Å². The fraction of sp³-hybridized carbons (Fsp3) is 0.611. The van der Waals surface area contributed by atoms with Crippen LogP contribution in [0.25, 0.3) is 0 Å². The summed E-state index contributed by atoms with van der Waals surface area (Å²) in [5.41, 5.74) is 0.882. The molecule has 0 aliphatic heterocycles. The Morgan fingerprint density at radius 1 is 1.16 bits per heavy atom. The van der Waals surface area contributed by atoms with Crippen LogP contribution in [0.1, 0.15) is 44.1 Å². The fourth-order valence-electron chi connectivity index (χ4n) is 3.07. The molecule has 0 atom stereocenters. The molecular weight excluding hydrogens is 340 g/mol. The maximum Gasteiger partial charge on any atom is 0.240 e. The van der Waals surface area contributed by atoms with E-state index in [0.717, 1.165) is 18.4 Å². The Bertz CT molecular complexity index is 638. The quantitative estimate of drug-likeness (QED) is 0.655. The summed E-state index contributed by atoms with van der Waals surface area (Å²) >= 11 is 0. The summed E-state index contributed by atoms with van der Waals surface area (Å²) in [4.78, 5) is 12.2. The molecule has 0 spiro atoms. The van der Waals surface area contributed by atoms with Gasteiger partial charge < -0.3 is 10.1 Å². The molecule has 0 aromatic heterocycles. The summed E-state index contributed by atoms with van der Waals surface area (Å²) in [5.74, 6) is 0.587. The summed E-state index contributed by atoms with van der Waals surface area (Å²) in [6.07, 6.45) is 6.63. The Morgan fingerprint density at radius 2 is 1.84 bits per heavy atom. The highest BCUT2D eigenvalue weighted by molar-refractivity contribution is 7.89. The average Bonchev–Trinajstić information content (AvgIpc) is 2.61. The minimum atomic E-state index is -3.52. The molecule has 1 aliphatic rings. The van der Waals surface area contributed by atoms with E-state index in [4.69, 9.17) is 4.74 Å². The van der Waals surface area contributed by atoms with Crippen molar-refractivity contribution in [3.05, 3.63) is 29.8 Å². The second-order valence-electron chi connectivity index (χ2n) is 6.52. The van der Waals surface area contributed by atoms with Gasteiger partial charge in [-0.25, -0.2) is 13.1 Å². The zero-order valence-corrected chi connectivity index (χ0v) is 15.6. The number of rotatable bonds is 9. The van der Waals surface area contributed by atoms with Crippen LogP contribution >= 0.6 is 0 Å². The van der Waals surface area contributed by atoms with Gasteiger partial charge in [0.1, 0.15) is 0 Å². The largest absolute Gasteiger partial charge is 0.383 e. The van der Waals surface area contributed by atoms with Gasteiger partial charge in [0, 0.05) is 26.6 Å². The number of carbonyl (C=O) groups excluding carboxylic acids is 1. The highest BCUT2D eigenvalue weighted by Crippen LogP contribution is 2.26. The predicted molar refractivity (Wildman–Crippen MR) is 96.5 cm³/mol. The van der Waals surface area contributed by atoms with Crippen molar-refractivity contribution in [2.24, 2.45) is 5.92 Å². The van der Waals surface area contributed by atoms with E-state index in [1.165, 1.54) is 26.4 Å². The third-order valence-corrected chi connectivity index (χ3v) is 6.00. The van der Waals surface area contributed by atoms with Gasteiger partial charge in [-0.15, -0.1) is 0 Å². The highest BCUT2D eigenvalue weighted by Gasteiger charge is 2.17. The number of methoxy groups -OCH3 is 1. The van der Waals surface area contributed by atoms with Crippen LogP contribution in [0.2, 0.25) is 0 Å². The molecule has 0 saturated heterocycles. The van der Waals surface area contributed by atoms with Crippen molar-refractivity contribution in [3.63, 3.8) is 0 Å². The van der Waals surface area contributed by atoms with Gasteiger partial charge in [0.2, 0.25) is 15.9 Å².